The summed E-state index contributed by atoms with van der Waals surface area (Å²) in [7, 11) is 0. The molecule has 1 aromatic carbocycles. The van der Waals surface area contributed by atoms with E-state index in [9.17, 15) is 9.18 Å². The van der Waals surface area contributed by atoms with Crippen molar-refractivity contribution in [3.8, 4) is 0 Å². The van der Waals surface area contributed by atoms with Gasteiger partial charge in [0.15, 0.2) is 6.29 Å². The second kappa shape index (κ2) is 7.07. The zero-order valence-electron chi connectivity index (χ0n) is 12.5. The lowest BCUT2D eigenvalue weighted by Gasteiger charge is -2.37. The van der Waals surface area contributed by atoms with E-state index in [0.717, 1.165) is 24.8 Å². The lowest BCUT2D eigenvalue weighted by molar-refractivity contribution is -0.0983. The molecule has 5 nitrogen and oxygen atoms in total. The number of urea groups is 1. The summed E-state index contributed by atoms with van der Waals surface area (Å²) in [6, 6.07) is 5.99. The van der Waals surface area contributed by atoms with E-state index in [-0.39, 0.29) is 24.2 Å². The molecule has 6 heteroatoms. The first-order valence-electron chi connectivity index (χ1n) is 7.76. The first-order chi connectivity index (χ1) is 10.7. The number of amides is 2. The second-order valence-corrected chi connectivity index (χ2v) is 5.65. The van der Waals surface area contributed by atoms with E-state index in [1.807, 2.05) is 4.90 Å². The largest absolute Gasteiger partial charge is 0.348 e. The number of likely N-dealkylation sites (tertiary alicyclic amines) is 1. The number of nitrogens with zero attached hydrogens (tertiary/aromatic N) is 1. The smallest absolute Gasteiger partial charge is 0.318 e. The normalized spacial score (nSPS) is 22.8. The molecular formula is C16H21FN2O3. The van der Waals surface area contributed by atoms with Crippen LogP contribution in [-0.4, -0.2) is 43.0 Å². The van der Waals surface area contributed by atoms with E-state index in [1.165, 1.54) is 12.1 Å². The van der Waals surface area contributed by atoms with E-state index in [0.29, 0.717) is 26.3 Å². The Labute approximate surface area is 129 Å². The maximum Gasteiger partial charge on any atom is 0.318 e. The summed E-state index contributed by atoms with van der Waals surface area (Å²) in [5, 5.41) is 2.90. The van der Waals surface area contributed by atoms with Crippen molar-refractivity contribution in [2.45, 2.75) is 38.1 Å². The van der Waals surface area contributed by atoms with Crippen LogP contribution in [0.5, 0.6) is 0 Å². The molecule has 2 aliphatic heterocycles. The molecule has 1 aromatic rings. The molecule has 2 saturated heterocycles. The molecular weight excluding hydrogens is 287 g/mol. The molecule has 2 fully saturated rings. The zero-order valence-corrected chi connectivity index (χ0v) is 12.5. The van der Waals surface area contributed by atoms with Crippen molar-refractivity contribution < 1.29 is 18.7 Å². The fourth-order valence-electron chi connectivity index (χ4n) is 2.97. The molecule has 22 heavy (non-hydrogen) atoms. The number of hydrogen-bond donors (Lipinski definition) is 1. The molecule has 0 aliphatic carbocycles. The first-order valence-corrected chi connectivity index (χ1v) is 7.76. The van der Waals surface area contributed by atoms with Crippen LogP contribution in [0.4, 0.5) is 9.18 Å². The summed E-state index contributed by atoms with van der Waals surface area (Å²) in [5.74, 6) is -0.276. The summed E-state index contributed by atoms with van der Waals surface area (Å²) >= 11 is 0. The Balaban J connectivity index is 1.58. The van der Waals surface area contributed by atoms with Crippen LogP contribution in [0.2, 0.25) is 0 Å². The van der Waals surface area contributed by atoms with Gasteiger partial charge in [-0.1, -0.05) is 12.1 Å². The number of nitrogens with one attached hydrogen (secondary N) is 1. The summed E-state index contributed by atoms with van der Waals surface area (Å²) in [5.41, 5.74) is 0.872. The number of carbonyl (C=O) groups excluding carboxylic acids is 1. The van der Waals surface area contributed by atoms with E-state index in [4.69, 9.17) is 9.47 Å². The number of ether oxygens (including phenoxy) is 2. The van der Waals surface area contributed by atoms with Crippen molar-refractivity contribution in [2.24, 2.45) is 0 Å². The van der Waals surface area contributed by atoms with Gasteiger partial charge < -0.3 is 19.7 Å². The molecule has 2 heterocycles. The lowest BCUT2D eigenvalue weighted by atomic mass is 10.0. The molecule has 0 aromatic heterocycles. The van der Waals surface area contributed by atoms with Crippen LogP contribution >= 0.6 is 0 Å². The Kier molecular flexibility index (Phi) is 4.90. The molecule has 1 unspecified atom stereocenters. The van der Waals surface area contributed by atoms with E-state index in [2.05, 4.69) is 5.32 Å². The highest BCUT2D eigenvalue weighted by atomic mass is 19.1. The number of benzene rings is 1. The zero-order chi connectivity index (χ0) is 15.4. The standard InChI is InChI=1S/C16H21FN2O3/c17-13-6-4-12(5-7-13)11-18-16(20)19-8-2-1-3-14(19)15-21-9-10-22-15/h4-7,14-15H,1-3,8-11H2,(H,18,20). The van der Waals surface area contributed by atoms with Crippen molar-refractivity contribution in [1.29, 1.82) is 0 Å². The van der Waals surface area contributed by atoms with Gasteiger partial charge in [-0.05, 0) is 37.0 Å². The molecule has 1 N–H and O–H groups in total. The molecule has 0 bridgehead atoms. The van der Waals surface area contributed by atoms with Crippen LogP contribution in [0, 0.1) is 5.82 Å². The van der Waals surface area contributed by atoms with E-state index >= 15 is 0 Å². The fourth-order valence-corrected chi connectivity index (χ4v) is 2.97. The fraction of sp³-hybridized carbons (Fsp3) is 0.562. The monoisotopic (exact) mass is 308 g/mol. The minimum Gasteiger partial charge on any atom is -0.348 e. The van der Waals surface area contributed by atoms with Gasteiger partial charge >= 0.3 is 6.03 Å². The maximum atomic E-state index is 12.9. The molecule has 0 radical (unpaired) electrons. The SMILES string of the molecule is O=C(NCc1ccc(F)cc1)N1CCCCC1C1OCCO1. The predicted molar refractivity (Wildman–Crippen MR) is 78.7 cm³/mol. The van der Waals surface area contributed by atoms with Crippen LogP contribution < -0.4 is 5.32 Å². The van der Waals surface area contributed by atoms with Gasteiger partial charge in [-0.2, -0.15) is 0 Å². The third-order valence-corrected chi connectivity index (χ3v) is 4.13. The van der Waals surface area contributed by atoms with Crippen molar-refractivity contribution in [3.63, 3.8) is 0 Å². The lowest BCUT2D eigenvalue weighted by Crippen LogP contribution is -2.53. The molecule has 3 rings (SSSR count). The molecule has 0 saturated carbocycles. The summed E-state index contributed by atoms with van der Waals surface area (Å²) in [4.78, 5) is 14.2. The van der Waals surface area contributed by atoms with Crippen LogP contribution in [-0.2, 0) is 16.0 Å². The third kappa shape index (κ3) is 3.56. The van der Waals surface area contributed by atoms with Gasteiger partial charge in [0.2, 0.25) is 0 Å². The van der Waals surface area contributed by atoms with E-state index < -0.39 is 0 Å². The average Bonchev–Trinajstić information content (AvgIpc) is 3.08. The van der Waals surface area contributed by atoms with Gasteiger partial charge in [-0.25, -0.2) is 9.18 Å². The van der Waals surface area contributed by atoms with Gasteiger partial charge in [-0.15, -0.1) is 0 Å². The Hall–Kier alpha value is -1.66. The summed E-state index contributed by atoms with van der Waals surface area (Å²) < 4.78 is 24.0. The van der Waals surface area contributed by atoms with Gasteiger partial charge in [0.1, 0.15) is 5.82 Å². The van der Waals surface area contributed by atoms with Crippen molar-refractivity contribution in [2.75, 3.05) is 19.8 Å². The number of hydrogen-bond acceptors (Lipinski definition) is 3. The average molecular weight is 308 g/mol. The van der Waals surface area contributed by atoms with Gasteiger partial charge in [0.05, 0.1) is 19.3 Å². The molecule has 120 valence electrons. The van der Waals surface area contributed by atoms with Crippen LogP contribution in [0.25, 0.3) is 0 Å². The Morgan fingerprint density at radius 3 is 2.68 bits per heavy atom. The van der Waals surface area contributed by atoms with Crippen LogP contribution in [0.3, 0.4) is 0 Å². The maximum absolute atomic E-state index is 12.9. The van der Waals surface area contributed by atoms with Crippen molar-refractivity contribution in [1.82, 2.24) is 10.2 Å². The summed E-state index contributed by atoms with van der Waals surface area (Å²) in [6.45, 7) is 2.27. The molecule has 0 spiro atoms. The third-order valence-electron chi connectivity index (χ3n) is 4.13. The first kappa shape index (κ1) is 15.2. The number of halogens is 1. The van der Waals surface area contributed by atoms with E-state index in [1.54, 1.807) is 12.1 Å². The predicted octanol–water partition coefficient (Wildman–Crippen LogP) is 2.26. The number of carbonyl (C=O) groups is 1. The van der Waals surface area contributed by atoms with Crippen LogP contribution in [0.15, 0.2) is 24.3 Å². The molecule has 1 atom stereocenters. The van der Waals surface area contributed by atoms with Gasteiger partial charge in [-0.3, -0.25) is 0 Å². The Bertz CT molecular complexity index is 503. The Morgan fingerprint density at radius 1 is 1.23 bits per heavy atom. The van der Waals surface area contributed by atoms with Crippen LogP contribution in [0.1, 0.15) is 24.8 Å². The highest BCUT2D eigenvalue weighted by molar-refractivity contribution is 5.74. The topological polar surface area (TPSA) is 50.8 Å². The molecule has 2 aliphatic rings. The van der Waals surface area contributed by atoms with Crippen molar-refractivity contribution in [3.05, 3.63) is 35.6 Å². The summed E-state index contributed by atoms with van der Waals surface area (Å²) in [6.07, 6.45) is 2.66. The second-order valence-electron chi connectivity index (χ2n) is 5.65. The number of rotatable bonds is 3. The number of piperidine rings is 1. The van der Waals surface area contributed by atoms with Gasteiger partial charge in [0, 0.05) is 13.1 Å². The highest BCUT2D eigenvalue weighted by Crippen LogP contribution is 2.24. The van der Waals surface area contributed by atoms with Crippen molar-refractivity contribution >= 4 is 6.03 Å². The van der Waals surface area contributed by atoms with Gasteiger partial charge in [0.25, 0.3) is 0 Å². The minimum absolute atomic E-state index is 0.0236. The highest BCUT2D eigenvalue weighted by Gasteiger charge is 2.36. The quantitative estimate of drug-likeness (QED) is 0.932. The molecule has 2 amide bonds. The minimum atomic E-state index is -0.308. The Morgan fingerprint density at radius 2 is 1.95 bits per heavy atom.